The zero-order valence-corrected chi connectivity index (χ0v) is 19.7. The number of aliphatic hydroxyl groups excluding tert-OH is 1. The highest BCUT2D eigenvalue weighted by Gasteiger charge is 2.30. The van der Waals surface area contributed by atoms with Gasteiger partial charge in [-0.05, 0) is 12.8 Å². The van der Waals surface area contributed by atoms with Crippen molar-refractivity contribution >= 4 is 22.4 Å². The van der Waals surface area contributed by atoms with Crippen molar-refractivity contribution in [3.63, 3.8) is 0 Å². The molecule has 1 N–H and O–H groups in total. The van der Waals surface area contributed by atoms with Crippen LogP contribution in [0.3, 0.4) is 0 Å². The van der Waals surface area contributed by atoms with Crippen LogP contribution in [0.4, 0.5) is 0 Å². The van der Waals surface area contributed by atoms with Crippen molar-refractivity contribution in [1.82, 2.24) is 0 Å². The van der Waals surface area contributed by atoms with Gasteiger partial charge in [-0.2, -0.15) is 4.21 Å². The van der Waals surface area contributed by atoms with Gasteiger partial charge in [-0.25, -0.2) is 4.21 Å². The molecule has 0 bridgehead atoms. The van der Waals surface area contributed by atoms with Crippen molar-refractivity contribution in [3.8, 4) is 0 Å². The van der Waals surface area contributed by atoms with E-state index in [0.29, 0.717) is 25.7 Å². The Kier molecular flexibility index (Phi) is 20.0. The van der Waals surface area contributed by atoms with Crippen LogP contribution in [0.2, 0.25) is 0 Å². The van der Waals surface area contributed by atoms with E-state index in [0.717, 1.165) is 0 Å². The third-order valence-electron chi connectivity index (χ3n) is 3.42. The lowest BCUT2D eigenvalue weighted by Gasteiger charge is -2.14. The molecule has 0 aromatic rings. The van der Waals surface area contributed by atoms with E-state index in [2.05, 4.69) is 8.37 Å². The summed E-state index contributed by atoms with van der Waals surface area (Å²) in [6.45, 7) is 6.42. The topological polar surface area (TPSA) is 168 Å². The van der Waals surface area contributed by atoms with Crippen LogP contribution in [0.15, 0.2) is 0 Å². The summed E-state index contributed by atoms with van der Waals surface area (Å²) in [6, 6.07) is 0. The number of rotatable bonds is 12. The first-order valence-electron chi connectivity index (χ1n) is 8.55. The van der Waals surface area contributed by atoms with Gasteiger partial charge in [0.2, 0.25) is 11.1 Å². The van der Waals surface area contributed by atoms with Crippen LogP contribution in [0.25, 0.3) is 0 Å². The smallest absolute Gasteiger partial charge is 0.304 e. The van der Waals surface area contributed by atoms with E-state index in [9.17, 15) is 28.6 Å². The van der Waals surface area contributed by atoms with Gasteiger partial charge < -0.3 is 5.11 Å². The lowest BCUT2D eigenvalue weighted by Crippen LogP contribution is -2.31. The summed E-state index contributed by atoms with van der Waals surface area (Å²) in [6.07, 6.45) is 3.24. The van der Waals surface area contributed by atoms with Crippen LogP contribution < -0.4 is 0 Å². The van der Waals surface area contributed by atoms with Gasteiger partial charge >= 0.3 is 11.4 Å². The van der Waals surface area contributed by atoms with E-state index in [-0.39, 0.29) is 23.1 Å². The van der Waals surface area contributed by atoms with Crippen molar-refractivity contribution in [1.29, 1.82) is 0 Å². The van der Waals surface area contributed by atoms with Gasteiger partial charge in [-0.15, -0.1) is 0 Å². The molecule has 0 aromatic carbocycles. The fourth-order valence-electron chi connectivity index (χ4n) is 1.37. The first-order valence-corrected chi connectivity index (χ1v) is 11.0. The van der Waals surface area contributed by atoms with Crippen LogP contribution >= 0.6 is 0 Å². The van der Waals surface area contributed by atoms with E-state index >= 15 is 0 Å². The van der Waals surface area contributed by atoms with Gasteiger partial charge in [0, 0.05) is 63.2 Å². The van der Waals surface area contributed by atoms with E-state index in [1.165, 1.54) is 20.5 Å². The Labute approximate surface area is 177 Å². The Bertz CT molecular complexity index is 515. The third-order valence-corrected chi connectivity index (χ3v) is 4.52. The molecule has 0 heterocycles. The summed E-state index contributed by atoms with van der Waals surface area (Å²) in [4.78, 5) is 20.1. The minimum Gasteiger partial charge on any atom is -0.396 e. The molecule has 0 rings (SSSR count). The molecule has 0 amide bonds. The molecule has 2 unspecified atom stereocenters. The molecule has 0 aromatic heterocycles. The summed E-state index contributed by atoms with van der Waals surface area (Å²) < 4.78 is 33.6. The highest BCUT2D eigenvalue weighted by Crippen LogP contribution is 2.15. The van der Waals surface area contributed by atoms with E-state index in [4.69, 9.17) is 9.29 Å². The Hall–Kier alpha value is -1.06. The molecule has 0 aliphatic rings. The van der Waals surface area contributed by atoms with Gasteiger partial charge in [-0.3, -0.25) is 32.8 Å². The van der Waals surface area contributed by atoms with Crippen LogP contribution in [0, 0.1) is 20.2 Å². The predicted molar refractivity (Wildman–Crippen MR) is 110 cm³/mol. The number of aliphatic hydroxyl groups is 1. The van der Waals surface area contributed by atoms with Crippen LogP contribution in [-0.2, 0) is 35.0 Å². The van der Waals surface area contributed by atoms with Crippen molar-refractivity contribution in [2.75, 3.05) is 33.7 Å². The molecule has 12 nitrogen and oxygen atoms in total. The Morgan fingerprint density at radius 1 is 0.897 bits per heavy atom. The zero-order chi connectivity index (χ0) is 23.7. The van der Waals surface area contributed by atoms with Gasteiger partial charge in [-0.1, -0.05) is 0 Å². The fourth-order valence-corrected chi connectivity index (χ4v) is 1.72. The number of hydrogen-bond acceptors (Lipinski definition) is 10. The summed E-state index contributed by atoms with van der Waals surface area (Å²) in [5.41, 5.74) is -1.85. The maximum atomic E-state index is 10.6. The minimum atomic E-state index is -1.74. The van der Waals surface area contributed by atoms with Crippen molar-refractivity contribution in [2.45, 2.75) is 64.5 Å². The van der Waals surface area contributed by atoms with Crippen molar-refractivity contribution in [3.05, 3.63) is 20.2 Å². The van der Waals surface area contributed by atoms with Crippen molar-refractivity contribution < 1.29 is 35.9 Å². The van der Waals surface area contributed by atoms with E-state index in [1.54, 1.807) is 27.7 Å². The molecule has 0 aliphatic heterocycles. The van der Waals surface area contributed by atoms with E-state index in [1.807, 2.05) is 0 Å². The lowest BCUT2D eigenvalue weighted by atomic mass is 10.0. The predicted octanol–water partition coefficient (Wildman–Crippen LogP) is 1.80. The second kappa shape index (κ2) is 17.8. The molecule has 0 radical (unpaired) electrons. The fraction of sp³-hybridized carbons (Fsp3) is 1.00. The average molecular weight is 467 g/mol. The van der Waals surface area contributed by atoms with Gasteiger partial charge in [0.1, 0.15) is 0 Å². The lowest BCUT2D eigenvalue weighted by molar-refractivity contribution is -0.561. The monoisotopic (exact) mass is 466 g/mol. The number of nitro groups is 2. The third kappa shape index (κ3) is 21.5. The molecule has 0 fully saturated rings. The Morgan fingerprint density at radius 3 is 1.55 bits per heavy atom. The molecule has 29 heavy (non-hydrogen) atoms. The number of nitrogens with zero attached hydrogens (tertiary/aromatic N) is 2. The molecule has 0 spiro atoms. The van der Waals surface area contributed by atoms with Crippen LogP contribution in [0.1, 0.15) is 53.4 Å². The molecule has 2 atom stereocenters. The molecule has 0 saturated heterocycles. The normalized spacial score (nSPS) is 13.2. The van der Waals surface area contributed by atoms with Crippen LogP contribution in [-0.4, -0.2) is 68.1 Å². The van der Waals surface area contributed by atoms with Gasteiger partial charge in [0.05, 0.1) is 20.8 Å². The first kappa shape index (κ1) is 32.6. The van der Waals surface area contributed by atoms with E-state index < -0.39 is 33.5 Å². The molecule has 0 aliphatic carbocycles. The standard InChI is InChI=1S/C7H15NO5S.C6H13NO3.C2H6O2S/c1-7(2,8(9)10)5-4-6-13-14(11)12-3;1-6(2,7(9)10)4-3-5-8;1-4-5(2)3/h4-6H2,1-3H3;8H,3-5H2,1-2H3;1-2H3. The molecule has 0 saturated carbocycles. The summed E-state index contributed by atoms with van der Waals surface area (Å²) in [5, 5.41) is 29.1. The average Bonchev–Trinajstić information content (AvgIpc) is 2.64. The van der Waals surface area contributed by atoms with Gasteiger partial charge in [0.15, 0.2) is 11.1 Å². The van der Waals surface area contributed by atoms with Crippen LogP contribution in [0.5, 0.6) is 0 Å². The number of hydrogen-bond donors (Lipinski definition) is 1. The molecular weight excluding hydrogens is 432 g/mol. The van der Waals surface area contributed by atoms with Gasteiger partial charge in [0.25, 0.3) is 0 Å². The Morgan fingerprint density at radius 2 is 1.28 bits per heavy atom. The summed E-state index contributed by atoms with van der Waals surface area (Å²) >= 11 is -2.81. The van der Waals surface area contributed by atoms with Crippen molar-refractivity contribution in [2.24, 2.45) is 0 Å². The second-order valence-electron chi connectivity index (χ2n) is 6.83. The highest BCUT2D eigenvalue weighted by atomic mass is 32.2. The molecule has 14 heteroatoms. The first-order chi connectivity index (χ1) is 13.2. The molecule has 176 valence electrons. The minimum absolute atomic E-state index is 0.0251. The maximum Gasteiger partial charge on any atom is 0.304 e. The summed E-state index contributed by atoms with van der Waals surface area (Å²) in [5.74, 6) is 0. The SMILES string of the molecule is CC(C)(CCCO)[N+](=O)[O-].COS(=O)OCCCC(C)(C)[N+](=O)[O-].COS(C)=O. The quantitative estimate of drug-likeness (QED) is 0.254. The zero-order valence-electron chi connectivity index (χ0n) is 18.1. The summed E-state index contributed by atoms with van der Waals surface area (Å²) in [7, 11) is 2.66. The largest absolute Gasteiger partial charge is 0.396 e. The molecular formula is C15H34N2O10S2. The second-order valence-corrected chi connectivity index (χ2v) is 8.94. The Balaban J connectivity index is -0.000000392. The maximum absolute atomic E-state index is 10.6. The highest BCUT2D eigenvalue weighted by molar-refractivity contribution is 7.79.